The molecule has 0 heterocycles. The minimum absolute atomic E-state index is 0.0117. The maximum absolute atomic E-state index is 14.5. The van der Waals surface area contributed by atoms with Crippen molar-refractivity contribution < 1.29 is 49.1 Å². The standard InChI is InChI=1S/C31H38N2O10/c1-4-8-18(35)43-27-20-16(13-42-14-9-5-6-10-14)15-11-7-12-17(34)19(15)25(36)21(20)28(38)31(41)23(27)24(33(2)3)26(37)22(29(31)39)30(32)40/h7,11-12,14,16,20,23-24,27,34,36,39,41H,4-6,8-10,13H2,1-3H3,(H2,32,40). The lowest BCUT2D eigenvalue weighted by Gasteiger charge is -2.54. The first-order valence-corrected chi connectivity index (χ1v) is 14.6. The number of ketones is 2. The molecule has 5 rings (SSSR count). The number of hydrogen-bond donors (Lipinski definition) is 5. The summed E-state index contributed by atoms with van der Waals surface area (Å²) in [6, 6.07) is 3.14. The van der Waals surface area contributed by atoms with Crippen molar-refractivity contribution in [2.75, 3.05) is 20.7 Å². The number of carbonyl (C=O) groups is 4. The zero-order valence-corrected chi connectivity index (χ0v) is 24.4. The average molecular weight is 599 g/mol. The molecule has 0 bridgehead atoms. The summed E-state index contributed by atoms with van der Waals surface area (Å²) in [4.78, 5) is 55.0. The number of ether oxygens (including phenoxy) is 2. The van der Waals surface area contributed by atoms with Gasteiger partial charge >= 0.3 is 5.97 Å². The number of aromatic hydroxyl groups is 1. The number of carbonyl (C=O) groups excluding carboxylic acids is 4. The second-order valence-corrected chi connectivity index (χ2v) is 12.1. The molecule has 6 atom stereocenters. The highest BCUT2D eigenvalue weighted by atomic mass is 16.5. The average Bonchev–Trinajstić information content (AvgIpc) is 3.45. The minimum atomic E-state index is -2.98. The number of primary amides is 1. The van der Waals surface area contributed by atoms with Crippen molar-refractivity contribution in [3.63, 3.8) is 0 Å². The summed E-state index contributed by atoms with van der Waals surface area (Å²) in [6.45, 7) is 1.77. The first-order chi connectivity index (χ1) is 20.4. The Bertz CT molecular complexity index is 1430. The highest BCUT2D eigenvalue weighted by Gasteiger charge is 2.70. The summed E-state index contributed by atoms with van der Waals surface area (Å²) in [7, 11) is 2.97. The van der Waals surface area contributed by atoms with Crippen molar-refractivity contribution in [2.24, 2.45) is 17.6 Å². The predicted octanol–water partition coefficient (Wildman–Crippen LogP) is 1.79. The third-order valence-electron chi connectivity index (χ3n) is 9.31. The van der Waals surface area contributed by atoms with Crippen LogP contribution in [0.2, 0.25) is 0 Å². The zero-order chi connectivity index (χ0) is 31.4. The molecule has 12 heteroatoms. The van der Waals surface area contributed by atoms with Crippen LogP contribution in [-0.2, 0) is 28.7 Å². The van der Waals surface area contributed by atoms with Crippen molar-refractivity contribution in [3.05, 3.63) is 46.2 Å². The van der Waals surface area contributed by atoms with Gasteiger partial charge in [0.1, 0.15) is 28.9 Å². The lowest BCUT2D eigenvalue weighted by Crippen LogP contribution is -2.71. The molecule has 0 saturated heterocycles. The van der Waals surface area contributed by atoms with E-state index in [1.165, 1.54) is 25.1 Å². The van der Waals surface area contributed by atoms with E-state index in [0.29, 0.717) is 12.0 Å². The Hall–Kier alpha value is -3.74. The van der Waals surface area contributed by atoms with E-state index in [4.69, 9.17) is 15.2 Å². The number of nitrogens with two attached hydrogens (primary N) is 1. The number of hydrogen-bond acceptors (Lipinski definition) is 11. The van der Waals surface area contributed by atoms with E-state index in [-0.39, 0.29) is 30.4 Å². The van der Waals surface area contributed by atoms with Gasteiger partial charge in [0, 0.05) is 23.8 Å². The number of benzene rings is 1. The first-order valence-electron chi connectivity index (χ1n) is 14.6. The van der Waals surface area contributed by atoms with Crippen LogP contribution in [0.5, 0.6) is 5.75 Å². The summed E-state index contributed by atoms with van der Waals surface area (Å²) in [6.07, 6.45) is 2.52. The smallest absolute Gasteiger partial charge is 0.306 e. The van der Waals surface area contributed by atoms with E-state index in [1.807, 2.05) is 0 Å². The molecule has 6 N–H and O–H groups in total. The second-order valence-electron chi connectivity index (χ2n) is 12.1. The van der Waals surface area contributed by atoms with Crippen LogP contribution in [-0.4, -0.2) is 93.3 Å². The Labute approximate surface area is 248 Å². The van der Waals surface area contributed by atoms with Crippen molar-refractivity contribution in [3.8, 4) is 5.75 Å². The Kier molecular flexibility index (Phi) is 8.14. The van der Waals surface area contributed by atoms with Crippen molar-refractivity contribution in [1.29, 1.82) is 0 Å². The summed E-state index contributed by atoms with van der Waals surface area (Å²) in [5.41, 5.74) is 1.46. The Morgan fingerprint density at radius 1 is 1.12 bits per heavy atom. The second kappa shape index (κ2) is 11.4. The number of nitrogens with zero attached hydrogens (tertiary/aromatic N) is 1. The number of esters is 1. The molecular weight excluding hydrogens is 560 g/mol. The van der Waals surface area contributed by atoms with Crippen LogP contribution >= 0.6 is 0 Å². The Morgan fingerprint density at radius 3 is 2.40 bits per heavy atom. The van der Waals surface area contributed by atoms with Gasteiger partial charge in [-0.15, -0.1) is 0 Å². The van der Waals surface area contributed by atoms with Crippen LogP contribution in [0, 0.1) is 11.8 Å². The van der Waals surface area contributed by atoms with Crippen LogP contribution in [0.15, 0.2) is 35.1 Å². The van der Waals surface area contributed by atoms with E-state index in [1.54, 1.807) is 19.1 Å². The zero-order valence-electron chi connectivity index (χ0n) is 24.4. The van der Waals surface area contributed by atoms with Gasteiger partial charge in [0.2, 0.25) is 5.78 Å². The van der Waals surface area contributed by atoms with E-state index < -0.39 is 81.6 Å². The maximum Gasteiger partial charge on any atom is 0.306 e. The van der Waals surface area contributed by atoms with Gasteiger partial charge in [0.05, 0.1) is 30.2 Å². The lowest BCUT2D eigenvalue weighted by atomic mass is 9.54. The van der Waals surface area contributed by atoms with E-state index in [0.717, 1.165) is 25.7 Å². The van der Waals surface area contributed by atoms with Gasteiger partial charge in [-0.1, -0.05) is 31.9 Å². The summed E-state index contributed by atoms with van der Waals surface area (Å²) < 4.78 is 12.3. The lowest BCUT2D eigenvalue weighted by molar-refractivity contribution is -0.186. The summed E-state index contributed by atoms with van der Waals surface area (Å²) >= 11 is 0. The molecule has 0 aliphatic heterocycles. The highest BCUT2D eigenvalue weighted by Crippen LogP contribution is 2.57. The van der Waals surface area contributed by atoms with Gasteiger partial charge < -0.3 is 35.6 Å². The van der Waals surface area contributed by atoms with Gasteiger partial charge in [0.25, 0.3) is 5.91 Å². The third kappa shape index (κ3) is 4.72. The van der Waals surface area contributed by atoms with Crippen LogP contribution in [0.1, 0.15) is 62.5 Å². The monoisotopic (exact) mass is 598 g/mol. The normalized spacial score (nSPS) is 30.8. The summed E-state index contributed by atoms with van der Waals surface area (Å²) in [5, 5.41) is 45.9. The first kappa shape index (κ1) is 30.7. The number of aliphatic hydroxyl groups is 3. The van der Waals surface area contributed by atoms with Crippen molar-refractivity contribution in [1.82, 2.24) is 4.90 Å². The van der Waals surface area contributed by atoms with Crippen LogP contribution < -0.4 is 5.73 Å². The Morgan fingerprint density at radius 2 is 1.79 bits per heavy atom. The highest BCUT2D eigenvalue weighted by molar-refractivity contribution is 6.24. The molecule has 1 amide bonds. The molecule has 4 aliphatic rings. The summed E-state index contributed by atoms with van der Waals surface area (Å²) in [5.74, 6) is -9.98. The van der Waals surface area contributed by atoms with Crippen molar-refractivity contribution in [2.45, 2.75) is 75.2 Å². The van der Waals surface area contributed by atoms with Crippen LogP contribution in [0.4, 0.5) is 0 Å². The molecule has 1 aromatic carbocycles. The molecule has 6 unspecified atom stereocenters. The molecule has 0 spiro atoms. The number of aliphatic hydroxyl groups excluding tert-OH is 2. The van der Waals surface area contributed by atoms with Crippen molar-refractivity contribution >= 4 is 29.2 Å². The fraction of sp³-hybridized carbons (Fsp3) is 0.548. The number of phenols is 1. The van der Waals surface area contributed by atoms with Gasteiger partial charge in [0.15, 0.2) is 11.4 Å². The Balaban J connectivity index is 1.80. The number of likely N-dealkylation sites (N-methyl/N-ethyl adjacent to an activating group) is 1. The topological polar surface area (TPSA) is 197 Å². The van der Waals surface area contributed by atoms with E-state index >= 15 is 0 Å². The van der Waals surface area contributed by atoms with Crippen LogP contribution in [0.25, 0.3) is 5.76 Å². The molecule has 4 aliphatic carbocycles. The molecule has 1 aromatic rings. The molecule has 0 aromatic heterocycles. The van der Waals surface area contributed by atoms with Gasteiger partial charge in [-0.25, -0.2) is 0 Å². The molecule has 43 heavy (non-hydrogen) atoms. The van der Waals surface area contributed by atoms with Gasteiger partial charge in [-0.3, -0.25) is 24.1 Å². The third-order valence-corrected chi connectivity index (χ3v) is 9.31. The largest absolute Gasteiger partial charge is 0.508 e. The molecule has 232 valence electrons. The molecular formula is C31H38N2O10. The molecule has 0 radical (unpaired) electrons. The fourth-order valence-electron chi connectivity index (χ4n) is 7.42. The molecule has 2 saturated carbocycles. The number of Topliss-reactive ketones (excluding diaryl/α,β-unsaturated/α-hetero) is 2. The number of fused-ring (bicyclic) bond motifs is 3. The van der Waals surface area contributed by atoms with Gasteiger partial charge in [-0.2, -0.15) is 0 Å². The number of rotatable bonds is 8. The van der Waals surface area contributed by atoms with E-state index in [9.17, 15) is 39.6 Å². The fourth-order valence-corrected chi connectivity index (χ4v) is 7.42. The quantitative estimate of drug-likeness (QED) is 0.216. The predicted molar refractivity (Wildman–Crippen MR) is 152 cm³/mol. The van der Waals surface area contributed by atoms with E-state index in [2.05, 4.69) is 0 Å². The van der Waals surface area contributed by atoms with Gasteiger partial charge in [-0.05, 0) is 45.0 Å². The molecule has 12 nitrogen and oxygen atoms in total. The number of amides is 1. The number of phenolic OH excluding ortho intramolecular Hbond substituents is 1. The maximum atomic E-state index is 14.5. The SMILES string of the molecule is CCCC(=O)OC1C2C(=C(O)c3c(O)cccc3C2COC2CCCC2)C(=O)C2(O)C(O)=C(C(N)=O)C(=O)C(N(C)C)C12. The minimum Gasteiger partial charge on any atom is -0.508 e. The van der Waals surface area contributed by atoms with Crippen LogP contribution in [0.3, 0.4) is 0 Å². The molecule has 2 fully saturated rings.